The quantitative estimate of drug-likeness (QED) is 0.644. The first-order chi connectivity index (χ1) is 6.02. The zero-order valence-corrected chi connectivity index (χ0v) is 9.81. The molecule has 2 heteroatoms. The van der Waals surface area contributed by atoms with E-state index < -0.39 is 0 Å². The molecule has 0 aliphatic heterocycles. The van der Waals surface area contributed by atoms with E-state index in [1.54, 1.807) is 7.11 Å². The van der Waals surface area contributed by atoms with Crippen LogP contribution in [0.5, 0.6) is 0 Å². The van der Waals surface area contributed by atoms with Crippen LogP contribution >= 0.6 is 0 Å². The van der Waals surface area contributed by atoms with Crippen LogP contribution in [0.25, 0.3) is 0 Å². The first kappa shape index (κ1) is 12.9. The summed E-state index contributed by atoms with van der Waals surface area (Å²) in [5, 5.41) is 3.45. The molecule has 0 spiro atoms. The first-order valence-electron chi connectivity index (χ1n) is 5.22. The highest BCUT2D eigenvalue weighted by atomic mass is 16.5. The van der Waals surface area contributed by atoms with E-state index >= 15 is 0 Å². The van der Waals surface area contributed by atoms with Crippen molar-refractivity contribution >= 4 is 0 Å². The maximum atomic E-state index is 5.22. The highest BCUT2D eigenvalue weighted by molar-refractivity contribution is 4.75. The fourth-order valence-electron chi connectivity index (χ4n) is 1.27. The third-order valence-corrected chi connectivity index (χ3v) is 2.41. The molecule has 0 aliphatic carbocycles. The SMILES string of the molecule is CCCNCC(COC)C(C)(C)C. The molecule has 0 saturated heterocycles. The minimum absolute atomic E-state index is 0.330. The van der Waals surface area contributed by atoms with Crippen molar-refractivity contribution in [2.75, 3.05) is 26.8 Å². The molecule has 1 N–H and O–H groups in total. The molecule has 80 valence electrons. The summed E-state index contributed by atoms with van der Waals surface area (Å²) < 4.78 is 5.22. The van der Waals surface area contributed by atoms with Crippen molar-refractivity contribution in [3.8, 4) is 0 Å². The Labute approximate surface area is 83.1 Å². The Kier molecular flexibility index (Phi) is 6.35. The predicted octanol–water partition coefficient (Wildman–Crippen LogP) is 2.29. The number of hydrogen-bond acceptors (Lipinski definition) is 2. The number of hydrogen-bond donors (Lipinski definition) is 1. The Morgan fingerprint density at radius 2 is 1.92 bits per heavy atom. The molecule has 1 unspecified atom stereocenters. The van der Waals surface area contributed by atoms with Gasteiger partial charge in [0.05, 0.1) is 6.61 Å². The molecule has 13 heavy (non-hydrogen) atoms. The standard InChI is InChI=1S/C11H25NO/c1-6-7-12-8-10(9-13-5)11(2,3)4/h10,12H,6-9H2,1-5H3. The van der Waals surface area contributed by atoms with Gasteiger partial charge < -0.3 is 10.1 Å². The average Bonchev–Trinajstić information content (AvgIpc) is 2.01. The van der Waals surface area contributed by atoms with E-state index in [9.17, 15) is 0 Å². The van der Waals surface area contributed by atoms with Crippen molar-refractivity contribution in [1.82, 2.24) is 5.32 Å². The van der Waals surface area contributed by atoms with Gasteiger partial charge in [0.1, 0.15) is 0 Å². The summed E-state index contributed by atoms with van der Waals surface area (Å²) in [4.78, 5) is 0. The molecular formula is C11H25NO. The van der Waals surface area contributed by atoms with Crippen molar-refractivity contribution < 1.29 is 4.74 Å². The van der Waals surface area contributed by atoms with Crippen LogP contribution in [-0.2, 0) is 4.74 Å². The van der Waals surface area contributed by atoms with Gasteiger partial charge in [-0.3, -0.25) is 0 Å². The van der Waals surface area contributed by atoms with Crippen LogP contribution < -0.4 is 5.32 Å². The van der Waals surface area contributed by atoms with Crippen molar-refractivity contribution in [2.24, 2.45) is 11.3 Å². The van der Waals surface area contributed by atoms with Gasteiger partial charge in [0.25, 0.3) is 0 Å². The average molecular weight is 187 g/mol. The highest BCUT2D eigenvalue weighted by Gasteiger charge is 2.23. The van der Waals surface area contributed by atoms with Gasteiger partial charge in [-0.05, 0) is 24.3 Å². The molecule has 0 radical (unpaired) electrons. The molecule has 0 aromatic heterocycles. The van der Waals surface area contributed by atoms with Crippen LogP contribution in [0.3, 0.4) is 0 Å². The summed E-state index contributed by atoms with van der Waals surface area (Å²) in [5.74, 6) is 0.601. The number of rotatable bonds is 6. The fraction of sp³-hybridized carbons (Fsp3) is 1.00. The van der Waals surface area contributed by atoms with Crippen LogP contribution in [0.15, 0.2) is 0 Å². The third-order valence-electron chi connectivity index (χ3n) is 2.41. The lowest BCUT2D eigenvalue weighted by molar-refractivity contribution is 0.0897. The molecule has 0 amide bonds. The van der Waals surface area contributed by atoms with Crippen molar-refractivity contribution in [3.63, 3.8) is 0 Å². The largest absolute Gasteiger partial charge is 0.384 e. The van der Waals surface area contributed by atoms with Crippen LogP contribution in [0.2, 0.25) is 0 Å². The van der Waals surface area contributed by atoms with Gasteiger partial charge in [-0.2, -0.15) is 0 Å². The van der Waals surface area contributed by atoms with Crippen molar-refractivity contribution in [3.05, 3.63) is 0 Å². The lowest BCUT2D eigenvalue weighted by atomic mass is 9.81. The second-order valence-corrected chi connectivity index (χ2v) is 4.72. The zero-order chi connectivity index (χ0) is 10.3. The van der Waals surface area contributed by atoms with E-state index in [4.69, 9.17) is 4.74 Å². The summed E-state index contributed by atoms with van der Waals surface area (Å²) in [7, 11) is 1.78. The minimum Gasteiger partial charge on any atom is -0.384 e. The monoisotopic (exact) mass is 187 g/mol. The zero-order valence-electron chi connectivity index (χ0n) is 9.81. The van der Waals surface area contributed by atoms with Crippen molar-refractivity contribution in [2.45, 2.75) is 34.1 Å². The highest BCUT2D eigenvalue weighted by Crippen LogP contribution is 2.25. The normalized spacial score (nSPS) is 14.5. The molecule has 0 aromatic carbocycles. The van der Waals surface area contributed by atoms with E-state index in [-0.39, 0.29) is 0 Å². The number of methoxy groups -OCH3 is 1. The number of ether oxygens (including phenoxy) is 1. The second-order valence-electron chi connectivity index (χ2n) is 4.72. The van der Waals surface area contributed by atoms with Crippen molar-refractivity contribution in [1.29, 1.82) is 0 Å². The molecular weight excluding hydrogens is 162 g/mol. The Hall–Kier alpha value is -0.0800. The maximum absolute atomic E-state index is 5.22. The lowest BCUT2D eigenvalue weighted by Gasteiger charge is -2.30. The number of nitrogens with one attached hydrogen (secondary N) is 1. The summed E-state index contributed by atoms with van der Waals surface area (Å²) in [6, 6.07) is 0. The van der Waals surface area contributed by atoms with Crippen LogP contribution in [0.1, 0.15) is 34.1 Å². The van der Waals surface area contributed by atoms with E-state index in [0.29, 0.717) is 11.3 Å². The lowest BCUT2D eigenvalue weighted by Crippen LogP contribution is -2.35. The molecule has 0 aromatic rings. The Balaban J connectivity index is 3.81. The van der Waals surface area contributed by atoms with Gasteiger partial charge in [0.2, 0.25) is 0 Å². The summed E-state index contributed by atoms with van der Waals surface area (Å²) in [5.41, 5.74) is 0.330. The van der Waals surface area contributed by atoms with Crippen LogP contribution in [0.4, 0.5) is 0 Å². The van der Waals surface area contributed by atoms with Gasteiger partial charge in [-0.1, -0.05) is 27.7 Å². The molecule has 0 aliphatic rings. The third kappa shape index (κ3) is 6.05. The van der Waals surface area contributed by atoms with Gasteiger partial charge in [-0.15, -0.1) is 0 Å². The fourth-order valence-corrected chi connectivity index (χ4v) is 1.27. The molecule has 0 fully saturated rings. The second kappa shape index (κ2) is 6.39. The van der Waals surface area contributed by atoms with Crippen LogP contribution in [-0.4, -0.2) is 26.8 Å². The van der Waals surface area contributed by atoms with E-state index in [2.05, 4.69) is 33.0 Å². The van der Waals surface area contributed by atoms with Crippen LogP contribution in [0, 0.1) is 11.3 Å². The van der Waals surface area contributed by atoms with E-state index in [0.717, 1.165) is 19.7 Å². The summed E-state index contributed by atoms with van der Waals surface area (Å²) >= 11 is 0. The molecule has 0 rings (SSSR count). The smallest absolute Gasteiger partial charge is 0.0507 e. The minimum atomic E-state index is 0.330. The molecule has 0 heterocycles. The Bertz CT molecular complexity index is 118. The molecule has 2 nitrogen and oxygen atoms in total. The van der Waals surface area contributed by atoms with Gasteiger partial charge >= 0.3 is 0 Å². The predicted molar refractivity (Wildman–Crippen MR) is 58.0 cm³/mol. The van der Waals surface area contributed by atoms with Gasteiger partial charge in [0, 0.05) is 13.7 Å². The molecule has 0 saturated carbocycles. The van der Waals surface area contributed by atoms with Gasteiger partial charge in [-0.25, -0.2) is 0 Å². The summed E-state index contributed by atoms with van der Waals surface area (Å²) in [6.07, 6.45) is 1.20. The van der Waals surface area contributed by atoms with E-state index in [1.165, 1.54) is 6.42 Å². The summed E-state index contributed by atoms with van der Waals surface area (Å²) in [6.45, 7) is 12.0. The molecule has 0 bridgehead atoms. The first-order valence-corrected chi connectivity index (χ1v) is 5.22. The maximum Gasteiger partial charge on any atom is 0.0507 e. The Morgan fingerprint density at radius 3 is 2.31 bits per heavy atom. The molecule has 1 atom stereocenters. The van der Waals surface area contributed by atoms with Gasteiger partial charge in [0.15, 0.2) is 0 Å². The van der Waals surface area contributed by atoms with E-state index in [1.807, 2.05) is 0 Å². The topological polar surface area (TPSA) is 21.3 Å². The Morgan fingerprint density at radius 1 is 1.31 bits per heavy atom.